The lowest BCUT2D eigenvalue weighted by Gasteiger charge is -2.16. The maximum Gasteiger partial charge on any atom is 0.254 e. The van der Waals surface area contributed by atoms with E-state index in [1.807, 2.05) is 0 Å². The quantitative estimate of drug-likeness (QED) is 0.356. The van der Waals surface area contributed by atoms with Crippen LogP contribution in [0.25, 0.3) is 0 Å². The van der Waals surface area contributed by atoms with Crippen molar-refractivity contribution in [2.24, 2.45) is 10.9 Å². The van der Waals surface area contributed by atoms with E-state index in [-0.39, 0.29) is 17.9 Å². The lowest BCUT2D eigenvalue weighted by molar-refractivity contribution is 0.0812. The number of hydrogen-bond donors (Lipinski definition) is 2. The molecule has 0 aliphatic carbocycles. The van der Waals surface area contributed by atoms with Gasteiger partial charge in [0.2, 0.25) is 0 Å². The number of amidine groups is 1. The van der Waals surface area contributed by atoms with Crippen molar-refractivity contribution >= 4 is 11.7 Å². The molecule has 7 heteroatoms. The lowest BCUT2D eigenvalue weighted by Crippen LogP contribution is -2.35. The van der Waals surface area contributed by atoms with Crippen LogP contribution in [0.1, 0.15) is 10.4 Å². The highest BCUT2D eigenvalue weighted by Crippen LogP contribution is 2.09. The van der Waals surface area contributed by atoms with E-state index in [1.165, 1.54) is 7.05 Å². The fraction of sp³-hybridized carbons (Fsp3) is 0.200. The fourth-order valence-electron chi connectivity index (χ4n) is 1.24. The number of rotatable bonds is 3. The van der Waals surface area contributed by atoms with Crippen LogP contribution in [0.4, 0.5) is 8.78 Å². The molecule has 3 N–H and O–H groups in total. The van der Waals surface area contributed by atoms with Crippen LogP contribution >= 0.6 is 0 Å². The minimum Gasteiger partial charge on any atom is -0.409 e. The van der Waals surface area contributed by atoms with Gasteiger partial charge in [0.1, 0.15) is 11.6 Å². The molecule has 5 nitrogen and oxygen atoms in total. The zero-order chi connectivity index (χ0) is 13.0. The molecule has 0 saturated carbocycles. The topological polar surface area (TPSA) is 78.9 Å². The van der Waals surface area contributed by atoms with E-state index >= 15 is 0 Å². The molecule has 17 heavy (non-hydrogen) atoms. The van der Waals surface area contributed by atoms with E-state index in [0.717, 1.165) is 17.0 Å². The van der Waals surface area contributed by atoms with E-state index < -0.39 is 17.5 Å². The summed E-state index contributed by atoms with van der Waals surface area (Å²) in [6, 6.07) is 2.49. The van der Waals surface area contributed by atoms with Crippen molar-refractivity contribution in [2.75, 3.05) is 13.6 Å². The second-order valence-corrected chi connectivity index (χ2v) is 3.41. The van der Waals surface area contributed by atoms with Gasteiger partial charge in [-0.15, -0.1) is 0 Å². The first-order valence-electron chi connectivity index (χ1n) is 4.62. The molecule has 0 radical (unpaired) electrons. The highest BCUT2D eigenvalue weighted by molar-refractivity contribution is 5.96. The Balaban J connectivity index is 2.88. The molecule has 1 aromatic rings. The SMILES string of the molecule is CN(CC(N)=NO)C(=O)c1cc(F)cc(F)c1. The summed E-state index contributed by atoms with van der Waals surface area (Å²) in [7, 11) is 1.36. The van der Waals surface area contributed by atoms with Gasteiger partial charge in [-0.2, -0.15) is 0 Å². The third-order valence-corrected chi connectivity index (χ3v) is 1.98. The first-order chi connectivity index (χ1) is 7.93. The number of carbonyl (C=O) groups excluding carboxylic acids is 1. The summed E-state index contributed by atoms with van der Waals surface area (Å²) < 4.78 is 25.8. The minimum absolute atomic E-state index is 0.143. The van der Waals surface area contributed by atoms with Gasteiger partial charge < -0.3 is 15.8 Å². The molecule has 0 saturated heterocycles. The normalized spacial score (nSPS) is 11.4. The third-order valence-electron chi connectivity index (χ3n) is 1.98. The molecule has 0 atom stereocenters. The van der Waals surface area contributed by atoms with Gasteiger partial charge in [0.05, 0.1) is 6.54 Å². The predicted octanol–water partition coefficient (Wildman–Crippen LogP) is 0.783. The molecule has 0 aliphatic heterocycles. The largest absolute Gasteiger partial charge is 0.409 e. The number of likely N-dealkylation sites (N-methyl/N-ethyl adjacent to an activating group) is 1. The average Bonchev–Trinajstić information content (AvgIpc) is 2.26. The van der Waals surface area contributed by atoms with Crippen LogP contribution in [0.2, 0.25) is 0 Å². The number of amides is 1. The van der Waals surface area contributed by atoms with Crippen LogP contribution in [-0.4, -0.2) is 35.4 Å². The summed E-state index contributed by atoms with van der Waals surface area (Å²) in [4.78, 5) is 12.8. The van der Waals surface area contributed by atoms with E-state index in [1.54, 1.807) is 0 Å². The van der Waals surface area contributed by atoms with Gasteiger partial charge >= 0.3 is 0 Å². The zero-order valence-corrected chi connectivity index (χ0v) is 9.02. The van der Waals surface area contributed by atoms with E-state index in [0.29, 0.717) is 6.07 Å². The van der Waals surface area contributed by atoms with Gasteiger partial charge in [-0.05, 0) is 12.1 Å². The Morgan fingerprint density at radius 1 is 1.41 bits per heavy atom. The summed E-state index contributed by atoms with van der Waals surface area (Å²) >= 11 is 0. The van der Waals surface area contributed by atoms with Gasteiger partial charge in [0.15, 0.2) is 5.84 Å². The molecule has 0 aromatic heterocycles. The lowest BCUT2D eigenvalue weighted by atomic mass is 10.2. The third kappa shape index (κ3) is 3.40. The molecule has 1 aromatic carbocycles. The standard InChI is InChI=1S/C10H11F2N3O2/c1-15(5-9(13)14-17)10(16)6-2-7(11)4-8(12)3-6/h2-4,17H,5H2,1H3,(H2,13,14). The van der Waals surface area contributed by atoms with Gasteiger partial charge in [0, 0.05) is 18.7 Å². The summed E-state index contributed by atoms with van der Waals surface area (Å²) in [6.07, 6.45) is 0. The molecule has 0 spiro atoms. The van der Waals surface area contributed by atoms with Crippen molar-refractivity contribution in [3.63, 3.8) is 0 Å². The van der Waals surface area contributed by atoms with Crippen LogP contribution < -0.4 is 5.73 Å². The van der Waals surface area contributed by atoms with Gasteiger partial charge in [-0.25, -0.2) is 8.78 Å². The minimum atomic E-state index is -0.842. The van der Waals surface area contributed by atoms with Crippen molar-refractivity contribution in [3.8, 4) is 0 Å². The first kappa shape index (κ1) is 12.9. The van der Waals surface area contributed by atoms with Crippen molar-refractivity contribution in [1.82, 2.24) is 4.90 Å². The highest BCUT2D eigenvalue weighted by Gasteiger charge is 2.14. The Labute approximate surface area is 96.1 Å². The predicted molar refractivity (Wildman–Crippen MR) is 56.7 cm³/mol. The molecular weight excluding hydrogens is 232 g/mol. The smallest absolute Gasteiger partial charge is 0.254 e. The fourth-order valence-corrected chi connectivity index (χ4v) is 1.24. The number of nitrogens with zero attached hydrogens (tertiary/aromatic N) is 2. The van der Waals surface area contributed by atoms with Crippen LogP contribution in [0.5, 0.6) is 0 Å². The Hall–Kier alpha value is -2.18. The van der Waals surface area contributed by atoms with Crippen LogP contribution in [0.3, 0.4) is 0 Å². The second-order valence-electron chi connectivity index (χ2n) is 3.41. The number of carbonyl (C=O) groups is 1. The maximum absolute atomic E-state index is 12.9. The highest BCUT2D eigenvalue weighted by atomic mass is 19.1. The van der Waals surface area contributed by atoms with Crippen molar-refractivity contribution < 1.29 is 18.8 Å². The van der Waals surface area contributed by atoms with E-state index in [9.17, 15) is 13.6 Å². The van der Waals surface area contributed by atoms with Crippen molar-refractivity contribution in [2.45, 2.75) is 0 Å². The summed E-state index contributed by atoms with van der Waals surface area (Å²) in [5, 5.41) is 11.0. The van der Waals surface area contributed by atoms with Gasteiger partial charge in [0.25, 0.3) is 5.91 Å². The second kappa shape index (κ2) is 5.24. The number of nitrogens with two attached hydrogens (primary N) is 1. The summed E-state index contributed by atoms with van der Waals surface area (Å²) in [6.45, 7) is -0.145. The summed E-state index contributed by atoms with van der Waals surface area (Å²) in [5.74, 6) is -2.50. The molecule has 0 bridgehead atoms. The number of benzene rings is 1. The Kier molecular flexibility index (Phi) is 3.97. The van der Waals surface area contributed by atoms with Gasteiger partial charge in [-0.3, -0.25) is 4.79 Å². The number of hydrogen-bond acceptors (Lipinski definition) is 3. The molecule has 0 heterocycles. The van der Waals surface area contributed by atoms with E-state index in [2.05, 4.69) is 5.16 Å². The molecule has 1 amide bonds. The molecule has 92 valence electrons. The van der Waals surface area contributed by atoms with Crippen molar-refractivity contribution in [1.29, 1.82) is 0 Å². The molecular formula is C10H11F2N3O2. The molecule has 0 unspecified atom stereocenters. The Morgan fingerprint density at radius 2 is 1.94 bits per heavy atom. The average molecular weight is 243 g/mol. The van der Waals surface area contributed by atoms with Crippen molar-refractivity contribution in [3.05, 3.63) is 35.4 Å². The van der Waals surface area contributed by atoms with Crippen LogP contribution in [-0.2, 0) is 0 Å². The van der Waals surface area contributed by atoms with Gasteiger partial charge in [-0.1, -0.05) is 5.16 Å². The molecule has 0 fully saturated rings. The van der Waals surface area contributed by atoms with E-state index in [4.69, 9.17) is 10.9 Å². The first-order valence-corrected chi connectivity index (χ1v) is 4.62. The molecule has 1 rings (SSSR count). The van der Waals surface area contributed by atoms with Crippen LogP contribution in [0, 0.1) is 11.6 Å². The number of halogens is 2. The monoisotopic (exact) mass is 243 g/mol. The van der Waals surface area contributed by atoms with Crippen LogP contribution in [0.15, 0.2) is 23.4 Å². The zero-order valence-electron chi connectivity index (χ0n) is 9.02. The molecule has 0 aliphatic rings. The number of oxime groups is 1. The maximum atomic E-state index is 12.9. The Bertz CT molecular complexity index is 443. The Morgan fingerprint density at radius 3 is 2.41 bits per heavy atom. The summed E-state index contributed by atoms with van der Waals surface area (Å²) in [5.41, 5.74) is 5.06.